The SMILES string of the molecule is COC(=O)C(NC(C)=O)(Nc1nc2c(F)cccc2s1)C(F)(F)F. The molecule has 130 valence electrons. The van der Waals surface area contributed by atoms with E-state index in [0.29, 0.717) is 11.3 Å². The predicted octanol–water partition coefficient (Wildman–Crippen LogP) is 2.42. The number of fused-ring (bicyclic) bond motifs is 1. The molecule has 24 heavy (non-hydrogen) atoms. The van der Waals surface area contributed by atoms with E-state index in [0.717, 1.165) is 20.1 Å². The molecule has 0 aliphatic heterocycles. The first kappa shape index (κ1) is 17.9. The number of thiazole rings is 1. The molecular weight excluding hydrogens is 354 g/mol. The van der Waals surface area contributed by atoms with E-state index in [2.05, 4.69) is 9.72 Å². The third kappa shape index (κ3) is 3.11. The lowest BCUT2D eigenvalue weighted by atomic mass is 10.1. The van der Waals surface area contributed by atoms with Gasteiger partial charge in [0.1, 0.15) is 11.3 Å². The maximum Gasteiger partial charge on any atom is 0.442 e. The van der Waals surface area contributed by atoms with Crippen LogP contribution in [-0.4, -0.2) is 35.8 Å². The van der Waals surface area contributed by atoms with E-state index in [1.165, 1.54) is 17.4 Å². The van der Waals surface area contributed by atoms with Crippen LogP contribution in [0.4, 0.5) is 22.7 Å². The number of carbonyl (C=O) groups is 2. The van der Waals surface area contributed by atoms with Gasteiger partial charge in [0.2, 0.25) is 5.91 Å². The largest absolute Gasteiger partial charge is 0.466 e. The molecule has 1 heterocycles. The van der Waals surface area contributed by atoms with Crippen molar-refractivity contribution in [1.82, 2.24) is 10.3 Å². The number of rotatable bonds is 4. The van der Waals surface area contributed by atoms with Gasteiger partial charge in [0.15, 0.2) is 5.13 Å². The summed E-state index contributed by atoms with van der Waals surface area (Å²) in [7, 11) is 0.740. The van der Waals surface area contributed by atoms with Crippen LogP contribution in [0.3, 0.4) is 0 Å². The minimum absolute atomic E-state index is 0.159. The van der Waals surface area contributed by atoms with Crippen LogP contribution in [0.2, 0.25) is 0 Å². The highest BCUT2D eigenvalue weighted by Gasteiger charge is 2.63. The topological polar surface area (TPSA) is 80.3 Å². The molecule has 1 atom stereocenters. The summed E-state index contributed by atoms with van der Waals surface area (Å²) < 4.78 is 58.6. The Morgan fingerprint density at radius 1 is 1.29 bits per heavy atom. The maximum atomic E-state index is 13.6. The first-order valence-electron chi connectivity index (χ1n) is 6.38. The Labute approximate surface area is 136 Å². The summed E-state index contributed by atoms with van der Waals surface area (Å²) in [5, 5.41) is 2.94. The summed E-state index contributed by atoms with van der Waals surface area (Å²) in [6.07, 6.45) is -5.25. The molecule has 11 heteroatoms. The van der Waals surface area contributed by atoms with Gasteiger partial charge in [-0.05, 0) is 12.1 Å². The number of anilines is 1. The second-order valence-corrected chi connectivity index (χ2v) is 5.68. The van der Waals surface area contributed by atoms with E-state index in [-0.39, 0.29) is 10.2 Å². The number of esters is 1. The van der Waals surface area contributed by atoms with Crippen molar-refractivity contribution in [3.05, 3.63) is 24.0 Å². The highest BCUT2D eigenvalue weighted by molar-refractivity contribution is 7.22. The average molecular weight is 365 g/mol. The lowest BCUT2D eigenvalue weighted by molar-refractivity contribution is -0.206. The lowest BCUT2D eigenvalue weighted by Crippen LogP contribution is -2.69. The molecule has 1 amide bonds. The number of alkyl halides is 3. The fourth-order valence-electron chi connectivity index (χ4n) is 1.94. The van der Waals surface area contributed by atoms with Gasteiger partial charge in [-0.2, -0.15) is 13.2 Å². The number of nitrogens with one attached hydrogen (secondary N) is 2. The van der Waals surface area contributed by atoms with Crippen LogP contribution in [0.15, 0.2) is 18.2 Å². The number of halogens is 4. The van der Waals surface area contributed by atoms with Crippen molar-refractivity contribution in [1.29, 1.82) is 0 Å². The van der Waals surface area contributed by atoms with E-state index in [4.69, 9.17) is 0 Å². The Bertz CT molecular complexity index is 792. The molecule has 6 nitrogen and oxygen atoms in total. The van der Waals surface area contributed by atoms with Crippen molar-refractivity contribution in [2.45, 2.75) is 18.8 Å². The summed E-state index contributed by atoms with van der Waals surface area (Å²) in [6.45, 7) is 0.809. The molecule has 0 saturated carbocycles. The van der Waals surface area contributed by atoms with Crippen LogP contribution in [-0.2, 0) is 14.3 Å². The predicted molar refractivity (Wildman–Crippen MR) is 77.8 cm³/mol. The Morgan fingerprint density at radius 2 is 1.96 bits per heavy atom. The molecule has 0 fully saturated rings. The fourth-order valence-corrected chi connectivity index (χ4v) is 2.87. The van der Waals surface area contributed by atoms with Gasteiger partial charge in [-0.3, -0.25) is 4.79 Å². The quantitative estimate of drug-likeness (QED) is 0.494. The van der Waals surface area contributed by atoms with Crippen LogP contribution >= 0.6 is 11.3 Å². The molecule has 0 saturated heterocycles. The van der Waals surface area contributed by atoms with E-state index in [1.54, 1.807) is 0 Å². The van der Waals surface area contributed by atoms with Crippen molar-refractivity contribution in [3.8, 4) is 0 Å². The molecule has 0 aliphatic carbocycles. The zero-order valence-corrected chi connectivity index (χ0v) is 13.1. The number of methoxy groups -OCH3 is 1. The Kier molecular flexibility index (Phi) is 4.65. The molecule has 1 aromatic heterocycles. The minimum atomic E-state index is -5.25. The molecule has 0 aliphatic rings. The van der Waals surface area contributed by atoms with E-state index in [9.17, 15) is 27.2 Å². The molecule has 1 aromatic carbocycles. The Balaban J connectivity index is 2.55. The molecule has 2 rings (SSSR count). The monoisotopic (exact) mass is 365 g/mol. The normalized spacial score (nSPS) is 14.1. The number of ether oxygens (including phenoxy) is 1. The third-order valence-electron chi connectivity index (χ3n) is 2.94. The van der Waals surface area contributed by atoms with Crippen molar-refractivity contribution in [2.24, 2.45) is 0 Å². The number of nitrogens with zero attached hydrogens (tertiary/aromatic N) is 1. The first-order valence-corrected chi connectivity index (χ1v) is 7.19. The summed E-state index contributed by atoms with van der Waals surface area (Å²) in [4.78, 5) is 26.7. The van der Waals surface area contributed by atoms with E-state index < -0.39 is 34.7 Å². The lowest BCUT2D eigenvalue weighted by Gasteiger charge is -2.33. The van der Waals surface area contributed by atoms with Gasteiger partial charge in [-0.15, -0.1) is 0 Å². The van der Waals surface area contributed by atoms with Crippen LogP contribution in [0.5, 0.6) is 0 Å². The highest BCUT2D eigenvalue weighted by Crippen LogP contribution is 2.36. The van der Waals surface area contributed by atoms with E-state index >= 15 is 0 Å². The fraction of sp³-hybridized carbons (Fsp3) is 0.308. The Hall–Kier alpha value is -2.43. The molecule has 0 bridgehead atoms. The van der Waals surface area contributed by atoms with Crippen molar-refractivity contribution in [3.63, 3.8) is 0 Å². The van der Waals surface area contributed by atoms with E-state index in [1.807, 2.05) is 5.32 Å². The van der Waals surface area contributed by atoms with Gasteiger partial charge < -0.3 is 15.4 Å². The number of carbonyl (C=O) groups excluding carboxylic acids is 2. The van der Waals surface area contributed by atoms with Gasteiger partial charge in [0.25, 0.3) is 0 Å². The summed E-state index contributed by atoms with van der Waals surface area (Å²) >= 11 is 0.688. The van der Waals surface area contributed by atoms with Crippen LogP contribution < -0.4 is 10.6 Å². The molecule has 1 unspecified atom stereocenters. The van der Waals surface area contributed by atoms with Crippen LogP contribution in [0.25, 0.3) is 10.2 Å². The minimum Gasteiger partial charge on any atom is -0.466 e. The smallest absolute Gasteiger partial charge is 0.442 e. The van der Waals surface area contributed by atoms with Crippen molar-refractivity contribution >= 4 is 38.6 Å². The maximum absolute atomic E-state index is 13.6. The van der Waals surface area contributed by atoms with Gasteiger partial charge in [-0.25, -0.2) is 14.2 Å². The number of amides is 1. The van der Waals surface area contributed by atoms with Crippen molar-refractivity contribution in [2.75, 3.05) is 12.4 Å². The second kappa shape index (κ2) is 6.23. The highest BCUT2D eigenvalue weighted by atomic mass is 32.1. The zero-order chi connectivity index (χ0) is 18.1. The second-order valence-electron chi connectivity index (χ2n) is 4.65. The van der Waals surface area contributed by atoms with Gasteiger partial charge in [0, 0.05) is 6.92 Å². The first-order chi connectivity index (χ1) is 11.1. The number of hydrogen-bond donors (Lipinski definition) is 2. The van der Waals surface area contributed by atoms with Crippen LogP contribution in [0, 0.1) is 5.82 Å². The summed E-state index contributed by atoms with van der Waals surface area (Å²) in [5.74, 6) is -3.64. The standard InChI is InChI=1S/C13H11F4N3O3S/c1-6(21)19-12(10(22)23-2,13(15,16)17)20-11-18-9-7(14)4-3-5-8(9)24-11/h3-5H,1-2H3,(H,18,20)(H,19,21). The average Bonchev–Trinajstić information content (AvgIpc) is 2.88. The molecule has 2 N–H and O–H groups in total. The van der Waals surface area contributed by atoms with Gasteiger partial charge in [0.05, 0.1) is 11.8 Å². The molecular formula is C13H11F4N3O3S. The summed E-state index contributed by atoms with van der Waals surface area (Å²) in [5.41, 5.74) is -3.70. The number of para-hydroxylation sites is 1. The zero-order valence-electron chi connectivity index (χ0n) is 12.3. The van der Waals surface area contributed by atoms with Crippen molar-refractivity contribution < 1.29 is 31.9 Å². The third-order valence-corrected chi connectivity index (χ3v) is 3.88. The van der Waals surface area contributed by atoms with Crippen LogP contribution in [0.1, 0.15) is 6.92 Å². The Morgan fingerprint density at radius 3 is 2.46 bits per heavy atom. The van der Waals surface area contributed by atoms with Gasteiger partial charge in [-0.1, -0.05) is 17.4 Å². The molecule has 0 radical (unpaired) electrons. The summed E-state index contributed by atoms with van der Waals surface area (Å²) in [6, 6.07) is 3.91. The van der Waals surface area contributed by atoms with Gasteiger partial charge >= 0.3 is 17.8 Å². The number of benzene rings is 1. The number of hydrogen-bond acceptors (Lipinski definition) is 6. The molecule has 0 spiro atoms. The number of aromatic nitrogens is 1. The molecule has 2 aromatic rings.